The minimum atomic E-state index is -0.110. The van der Waals surface area contributed by atoms with E-state index < -0.39 is 0 Å². The molecule has 35 heavy (non-hydrogen) atoms. The van der Waals surface area contributed by atoms with Crippen molar-refractivity contribution in [2.24, 2.45) is 0 Å². The number of aromatic nitrogens is 6. The van der Waals surface area contributed by atoms with Crippen LogP contribution < -0.4 is 19.5 Å². The van der Waals surface area contributed by atoms with E-state index in [1.165, 1.54) is 0 Å². The zero-order valence-corrected chi connectivity index (χ0v) is 20.5. The van der Waals surface area contributed by atoms with Crippen molar-refractivity contribution in [1.29, 1.82) is 0 Å². The summed E-state index contributed by atoms with van der Waals surface area (Å²) in [7, 11) is 4.76. The van der Waals surface area contributed by atoms with E-state index in [9.17, 15) is 0 Å². The maximum Gasteiger partial charge on any atom is 0.203 e. The predicted molar refractivity (Wildman–Crippen MR) is 130 cm³/mol. The van der Waals surface area contributed by atoms with Crippen LogP contribution in [0, 0.1) is 13.8 Å². The summed E-state index contributed by atoms with van der Waals surface area (Å²) in [5, 5.41) is 8.95. The van der Waals surface area contributed by atoms with Crippen molar-refractivity contribution < 1.29 is 18.9 Å². The van der Waals surface area contributed by atoms with E-state index in [-0.39, 0.29) is 6.23 Å². The Labute approximate surface area is 203 Å². The number of hydrogen-bond acceptors (Lipinski definition) is 9. The van der Waals surface area contributed by atoms with Crippen molar-refractivity contribution in [1.82, 2.24) is 29.3 Å². The number of nitrogens with one attached hydrogen (secondary N) is 1. The molecular weight excluding hydrogens is 450 g/mol. The van der Waals surface area contributed by atoms with Crippen LogP contribution in [-0.4, -0.2) is 57.2 Å². The maximum absolute atomic E-state index is 5.96. The lowest BCUT2D eigenvalue weighted by atomic mass is 10.2. The zero-order chi connectivity index (χ0) is 24.5. The molecule has 4 aromatic rings. The van der Waals surface area contributed by atoms with Crippen molar-refractivity contribution in [3.63, 3.8) is 0 Å². The van der Waals surface area contributed by atoms with Crippen molar-refractivity contribution in [3.05, 3.63) is 36.2 Å². The molecule has 11 nitrogen and oxygen atoms in total. The number of imidazole rings is 1. The molecule has 0 radical (unpaired) electrons. The Kier molecular flexibility index (Phi) is 6.16. The van der Waals surface area contributed by atoms with Gasteiger partial charge in [-0.15, -0.1) is 0 Å². The van der Waals surface area contributed by atoms with Gasteiger partial charge in [-0.25, -0.2) is 19.6 Å². The summed E-state index contributed by atoms with van der Waals surface area (Å²) in [5.74, 6) is 3.57. The van der Waals surface area contributed by atoms with E-state index >= 15 is 0 Å². The average molecular weight is 480 g/mol. The lowest BCUT2D eigenvalue weighted by molar-refractivity contribution is -0.0371. The van der Waals surface area contributed by atoms with Crippen LogP contribution in [0.4, 0.5) is 11.6 Å². The first-order valence-corrected chi connectivity index (χ1v) is 11.5. The number of rotatable bonds is 7. The fourth-order valence-electron chi connectivity index (χ4n) is 4.39. The molecule has 1 N–H and O–H groups in total. The molecule has 1 aliphatic heterocycles. The second kappa shape index (κ2) is 9.41. The Morgan fingerprint density at radius 2 is 1.80 bits per heavy atom. The first kappa shape index (κ1) is 22.9. The van der Waals surface area contributed by atoms with Crippen LogP contribution in [0.15, 0.2) is 24.7 Å². The van der Waals surface area contributed by atoms with E-state index in [0.29, 0.717) is 34.7 Å². The molecule has 1 unspecified atom stereocenters. The highest BCUT2D eigenvalue weighted by Crippen LogP contribution is 2.39. The molecule has 4 heterocycles. The van der Waals surface area contributed by atoms with E-state index in [4.69, 9.17) is 24.0 Å². The van der Waals surface area contributed by atoms with Gasteiger partial charge < -0.3 is 28.8 Å². The van der Waals surface area contributed by atoms with Crippen LogP contribution in [0.5, 0.6) is 17.2 Å². The molecule has 1 atom stereocenters. The van der Waals surface area contributed by atoms with Crippen molar-refractivity contribution in [2.45, 2.75) is 39.3 Å². The van der Waals surface area contributed by atoms with Crippen LogP contribution in [0.3, 0.4) is 0 Å². The third-order valence-corrected chi connectivity index (χ3v) is 6.04. The van der Waals surface area contributed by atoms with Gasteiger partial charge in [-0.2, -0.15) is 5.10 Å². The van der Waals surface area contributed by atoms with E-state index in [0.717, 1.165) is 48.3 Å². The predicted octanol–water partition coefficient (Wildman–Crippen LogP) is 4.10. The molecular formula is C24H29N7O4. The van der Waals surface area contributed by atoms with Gasteiger partial charge >= 0.3 is 0 Å². The van der Waals surface area contributed by atoms with Crippen LogP contribution in [0.1, 0.15) is 37.0 Å². The van der Waals surface area contributed by atoms with Crippen LogP contribution in [-0.2, 0) is 4.74 Å². The Morgan fingerprint density at radius 3 is 2.46 bits per heavy atom. The Bertz CT molecular complexity index is 1330. The molecule has 5 rings (SSSR count). The normalized spacial score (nSPS) is 15.9. The lowest BCUT2D eigenvalue weighted by Gasteiger charge is -2.23. The van der Waals surface area contributed by atoms with Gasteiger partial charge in [0.15, 0.2) is 23.4 Å². The second-order valence-corrected chi connectivity index (χ2v) is 8.34. The quantitative estimate of drug-likeness (QED) is 0.419. The molecule has 0 saturated carbocycles. The second-order valence-electron chi connectivity index (χ2n) is 8.34. The number of anilines is 2. The molecule has 1 fully saturated rings. The largest absolute Gasteiger partial charge is 0.493 e. The molecule has 11 heteroatoms. The third-order valence-electron chi connectivity index (χ3n) is 6.04. The van der Waals surface area contributed by atoms with Crippen LogP contribution in [0.2, 0.25) is 0 Å². The molecule has 3 aromatic heterocycles. The minimum Gasteiger partial charge on any atom is -0.493 e. The Balaban J connectivity index is 1.49. The van der Waals surface area contributed by atoms with Crippen LogP contribution in [0.25, 0.3) is 16.7 Å². The highest BCUT2D eigenvalue weighted by Gasteiger charge is 2.23. The van der Waals surface area contributed by atoms with Gasteiger partial charge in [0.1, 0.15) is 23.8 Å². The van der Waals surface area contributed by atoms with E-state index in [2.05, 4.69) is 20.3 Å². The summed E-state index contributed by atoms with van der Waals surface area (Å²) < 4.78 is 26.1. The Morgan fingerprint density at radius 1 is 1.03 bits per heavy atom. The highest BCUT2D eigenvalue weighted by molar-refractivity contribution is 5.91. The number of fused-ring (bicyclic) bond motifs is 1. The number of methoxy groups -OCH3 is 3. The molecule has 0 spiro atoms. The standard InChI is InChI=1S/C24H29N7O4/c1-14-21-23(26-15(2)27-24(21)31(29-14)20-8-6-7-9-35-20)28-19-12-30(13-25-19)16-10-17(32-3)22(34-5)18(11-16)33-4/h10-13,20H,6-9H2,1-5H3,(H,26,27,28). The molecule has 1 saturated heterocycles. The maximum atomic E-state index is 5.96. The molecule has 0 aliphatic carbocycles. The fourth-order valence-corrected chi connectivity index (χ4v) is 4.39. The first-order chi connectivity index (χ1) is 17.0. The lowest BCUT2D eigenvalue weighted by Crippen LogP contribution is -2.19. The van der Waals surface area contributed by atoms with Gasteiger partial charge in [0.05, 0.1) is 44.3 Å². The number of benzene rings is 1. The van der Waals surface area contributed by atoms with Crippen molar-refractivity contribution >= 4 is 22.7 Å². The summed E-state index contributed by atoms with van der Waals surface area (Å²) in [6, 6.07) is 3.72. The van der Waals surface area contributed by atoms with Crippen LogP contribution >= 0.6 is 0 Å². The number of aryl methyl sites for hydroxylation is 2. The summed E-state index contributed by atoms with van der Waals surface area (Å²) >= 11 is 0. The topological polar surface area (TPSA) is 110 Å². The van der Waals surface area contributed by atoms with Gasteiger partial charge in [-0.05, 0) is 33.1 Å². The summed E-state index contributed by atoms with van der Waals surface area (Å²) in [6.07, 6.45) is 6.57. The van der Waals surface area contributed by atoms with Gasteiger partial charge in [0.2, 0.25) is 5.75 Å². The smallest absolute Gasteiger partial charge is 0.203 e. The van der Waals surface area contributed by atoms with Gasteiger partial charge in [0.25, 0.3) is 0 Å². The summed E-state index contributed by atoms with van der Waals surface area (Å²) in [6.45, 7) is 4.56. The van der Waals surface area contributed by atoms with Crippen molar-refractivity contribution in [3.8, 4) is 22.9 Å². The monoisotopic (exact) mass is 479 g/mol. The van der Waals surface area contributed by atoms with Crippen molar-refractivity contribution in [2.75, 3.05) is 33.3 Å². The van der Waals surface area contributed by atoms with E-state index in [1.807, 2.05) is 41.4 Å². The fraction of sp³-hybridized carbons (Fsp3) is 0.417. The molecule has 1 aliphatic rings. The molecule has 1 aromatic carbocycles. The van der Waals surface area contributed by atoms with E-state index in [1.54, 1.807) is 27.7 Å². The number of nitrogens with zero attached hydrogens (tertiary/aromatic N) is 6. The molecule has 0 amide bonds. The summed E-state index contributed by atoms with van der Waals surface area (Å²) in [5.41, 5.74) is 2.40. The molecule has 0 bridgehead atoms. The average Bonchev–Trinajstić information content (AvgIpc) is 3.47. The van der Waals surface area contributed by atoms with Gasteiger partial charge in [0, 0.05) is 18.7 Å². The number of hydrogen-bond donors (Lipinski definition) is 1. The minimum absolute atomic E-state index is 0.110. The number of ether oxygens (including phenoxy) is 4. The van der Waals surface area contributed by atoms with Gasteiger partial charge in [-0.3, -0.25) is 0 Å². The highest BCUT2D eigenvalue weighted by atomic mass is 16.5. The first-order valence-electron chi connectivity index (χ1n) is 11.5. The van der Waals surface area contributed by atoms with Gasteiger partial charge in [-0.1, -0.05) is 0 Å². The SMILES string of the molecule is COc1cc(-n2cnc(Nc3nc(C)nc4c3c(C)nn4C3CCCCO3)c2)cc(OC)c1OC. The molecule has 184 valence electrons. The zero-order valence-electron chi connectivity index (χ0n) is 20.5. The summed E-state index contributed by atoms with van der Waals surface area (Å²) in [4.78, 5) is 13.9. The Hall–Kier alpha value is -3.86. The third kappa shape index (κ3) is 4.23.